The lowest BCUT2D eigenvalue weighted by Crippen LogP contribution is -2.54. The number of hydrogen-bond donors (Lipinski definition) is 0. The summed E-state index contributed by atoms with van der Waals surface area (Å²) in [7, 11) is 3.18. The number of ether oxygens (including phenoxy) is 3. The lowest BCUT2D eigenvalue weighted by molar-refractivity contribution is -0.138. The number of hydrogen-bond acceptors (Lipinski definition) is 6. The fraction of sp³-hybridized carbons (Fsp3) is 0.500. The third-order valence-electron chi connectivity index (χ3n) is 4.69. The molecule has 8 nitrogen and oxygen atoms in total. The number of benzene rings is 1. The molecule has 0 unspecified atom stereocenters. The summed E-state index contributed by atoms with van der Waals surface area (Å²) in [5.41, 5.74) is 0.948. The molecule has 0 aromatic heterocycles. The van der Waals surface area contributed by atoms with Gasteiger partial charge in [0.1, 0.15) is 11.5 Å². The van der Waals surface area contributed by atoms with Crippen molar-refractivity contribution in [3.63, 3.8) is 0 Å². The van der Waals surface area contributed by atoms with Crippen molar-refractivity contribution in [1.29, 1.82) is 0 Å². The zero-order valence-electron chi connectivity index (χ0n) is 14.9. The van der Waals surface area contributed by atoms with Crippen molar-refractivity contribution in [2.75, 3.05) is 40.5 Å². The summed E-state index contributed by atoms with van der Waals surface area (Å²) in [5, 5.41) is 0. The number of carbonyl (C=O) groups excluding carboxylic acids is 3. The predicted molar refractivity (Wildman–Crippen MR) is 91.0 cm³/mol. The van der Waals surface area contributed by atoms with Gasteiger partial charge >= 0.3 is 6.09 Å². The molecule has 0 radical (unpaired) electrons. The van der Waals surface area contributed by atoms with Crippen LogP contribution >= 0.6 is 0 Å². The van der Waals surface area contributed by atoms with Crippen LogP contribution in [0, 0.1) is 5.92 Å². The number of likely N-dealkylation sites (tertiary alicyclic amines) is 1. The Morgan fingerprint density at radius 1 is 1.23 bits per heavy atom. The number of methoxy groups -OCH3 is 2. The van der Waals surface area contributed by atoms with E-state index >= 15 is 0 Å². The van der Waals surface area contributed by atoms with E-state index in [0.29, 0.717) is 44.0 Å². The highest BCUT2D eigenvalue weighted by atomic mass is 16.6. The summed E-state index contributed by atoms with van der Waals surface area (Å²) in [6.45, 7) is 1.23. The molecule has 0 N–H and O–H groups in total. The van der Waals surface area contributed by atoms with Gasteiger partial charge in [-0.3, -0.25) is 9.59 Å². The van der Waals surface area contributed by atoms with Crippen LogP contribution in [0.25, 0.3) is 0 Å². The van der Waals surface area contributed by atoms with Gasteiger partial charge in [0.2, 0.25) is 5.91 Å². The summed E-state index contributed by atoms with van der Waals surface area (Å²) in [4.78, 5) is 38.1. The van der Waals surface area contributed by atoms with Crippen LogP contribution in [0.3, 0.4) is 0 Å². The first kappa shape index (κ1) is 18.0. The van der Waals surface area contributed by atoms with Gasteiger partial charge in [-0.05, 0) is 18.1 Å². The maximum atomic E-state index is 12.3. The van der Waals surface area contributed by atoms with Gasteiger partial charge in [0.05, 0.1) is 14.2 Å². The molecule has 26 heavy (non-hydrogen) atoms. The molecule has 3 rings (SSSR count). The standard InChI is InChI=1S/C18H22N2O6/c1-24-14-5-3-13(15(7-14)25-2)4-6-16(21)19-8-12(9-19)10-20-17(22)11-26-18(20)23/h3,5,7,12H,4,6,8-11H2,1-2H3. The van der Waals surface area contributed by atoms with Gasteiger partial charge in [-0.2, -0.15) is 0 Å². The zero-order valence-corrected chi connectivity index (χ0v) is 14.9. The average molecular weight is 362 g/mol. The van der Waals surface area contributed by atoms with Gasteiger partial charge in [0.15, 0.2) is 6.61 Å². The molecule has 0 bridgehead atoms. The van der Waals surface area contributed by atoms with Crippen LogP contribution in [0.1, 0.15) is 12.0 Å². The Morgan fingerprint density at radius 3 is 2.62 bits per heavy atom. The second-order valence-corrected chi connectivity index (χ2v) is 6.40. The summed E-state index contributed by atoms with van der Waals surface area (Å²) in [6.07, 6.45) is 0.357. The van der Waals surface area contributed by atoms with Crippen LogP contribution in [0.5, 0.6) is 11.5 Å². The first-order valence-corrected chi connectivity index (χ1v) is 8.47. The summed E-state index contributed by atoms with van der Waals surface area (Å²) in [6, 6.07) is 5.54. The minimum absolute atomic E-state index is 0.0504. The molecule has 0 aliphatic carbocycles. The van der Waals surface area contributed by atoms with Crippen molar-refractivity contribution in [2.24, 2.45) is 5.92 Å². The van der Waals surface area contributed by atoms with Crippen LogP contribution in [0.15, 0.2) is 18.2 Å². The molecule has 8 heteroatoms. The summed E-state index contributed by atoms with van der Waals surface area (Å²) < 4.78 is 15.2. The minimum Gasteiger partial charge on any atom is -0.497 e. The molecule has 2 heterocycles. The van der Waals surface area contributed by atoms with Gasteiger partial charge in [-0.15, -0.1) is 0 Å². The number of carbonyl (C=O) groups is 3. The van der Waals surface area contributed by atoms with Crippen LogP contribution in [-0.4, -0.2) is 68.2 Å². The fourth-order valence-electron chi connectivity index (χ4n) is 3.16. The topological polar surface area (TPSA) is 85.4 Å². The molecule has 0 saturated carbocycles. The van der Waals surface area contributed by atoms with Gasteiger partial charge < -0.3 is 19.1 Å². The van der Waals surface area contributed by atoms with Crippen molar-refractivity contribution in [3.8, 4) is 11.5 Å². The lowest BCUT2D eigenvalue weighted by atomic mass is 9.98. The van der Waals surface area contributed by atoms with Crippen LogP contribution in [0.4, 0.5) is 4.79 Å². The molecule has 1 aromatic rings. The molecule has 2 saturated heterocycles. The van der Waals surface area contributed by atoms with Crippen LogP contribution in [-0.2, 0) is 20.7 Å². The third-order valence-corrected chi connectivity index (χ3v) is 4.69. The van der Waals surface area contributed by atoms with Gasteiger partial charge in [-0.25, -0.2) is 9.69 Å². The number of imide groups is 1. The van der Waals surface area contributed by atoms with E-state index in [9.17, 15) is 14.4 Å². The Labute approximate surface area is 151 Å². The van der Waals surface area contributed by atoms with Gasteiger partial charge in [-0.1, -0.05) is 6.07 Å². The summed E-state index contributed by atoms with van der Waals surface area (Å²) in [5.74, 6) is 1.26. The highest BCUT2D eigenvalue weighted by molar-refractivity contribution is 5.97. The van der Waals surface area contributed by atoms with E-state index in [0.717, 1.165) is 10.5 Å². The van der Waals surface area contributed by atoms with E-state index < -0.39 is 6.09 Å². The molecule has 0 atom stereocenters. The van der Waals surface area contributed by atoms with Crippen molar-refractivity contribution < 1.29 is 28.6 Å². The Morgan fingerprint density at radius 2 is 2.00 bits per heavy atom. The smallest absolute Gasteiger partial charge is 0.417 e. The van der Waals surface area contributed by atoms with Crippen molar-refractivity contribution in [3.05, 3.63) is 23.8 Å². The van der Waals surface area contributed by atoms with Gasteiger partial charge in [0, 0.05) is 38.0 Å². The number of cyclic esters (lactones) is 1. The Kier molecular flexibility index (Phi) is 5.29. The molecular formula is C18H22N2O6. The van der Waals surface area contributed by atoms with E-state index in [-0.39, 0.29) is 24.3 Å². The van der Waals surface area contributed by atoms with Crippen molar-refractivity contribution in [1.82, 2.24) is 9.80 Å². The zero-order chi connectivity index (χ0) is 18.7. The van der Waals surface area contributed by atoms with E-state index in [1.54, 1.807) is 25.2 Å². The molecule has 1 aromatic carbocycles. The van der Waals surface area contributed by atoms with Crippen LogP contribution in [0.2, 0.25) is 0 Å². The highest BCUT2D eigenvalue weighted by Crippen LogP contribution is 2.26. The second kappa shape index (κ2) is 7.63. The quantitative estimate of drug-likeness (QED) is 0.721. The number of rotatable bonds is 7. The van der Waals surface area contributed by atoms with Crippen LogP contribution < -0.4 is 9.47 Å². The molecule has 3 amide bonds. The van der Waals surface area contributed by atoms with E-state index in [1.807, 2.05) is 12.1 Å². The third kappa shape index (κ3) is 3.74. The highest BCUT2D eigenvalue weighted by Gasteiger charge is 2.38. The minimum atomic E-state index is -0.591. The predicted octanol–water partition coefficient (Wildman–Crippen LogP) is 1.07. The van der Waals surface area contributed by atoms with Crippen molar-refractivity contribution in [2.45, 2.75) is 12.8 Å². The van der Waals surface area contributed by atoms with Crippen molar-refractivity contribution >= 4 is 17.9 Å². The summed E-state index contributed by atoms with van der Waals surface area (Å²) >= 11 is 0. The lowest BCUT2D eigenvalue weighted by Gasteiger charge is -2.40. The number of amides is 3. The first-order valence-electron chi connectivity index (χ1n) is 8.47. The largest absolute Gasteiger partial charge is 0.497 e. The Bertz CT molecular complexity index is 698. The Balaban J connectivity index is 1.46. The van der Waals surface area contributed by atoms with Gasteiger partial charge in [0.25, 0.3) is 5.91 Å². The molecule has 140 valence electrons. The van der Waals surface area contributed by atoms with E-state index in [1.165, 1.54) is 0 Å². The SMILES string of the molecule is COc1ccc(CCC(=O)N2CC(CN3C(=O)COC3=O)C2)c(OC)c1. The Hall–Kier alpha value is -2.77. The maximum Gasteiger partial charge on any atom is 0.417 e. The normalized spacial score (nSPS) is 17.2. The average Bonchev–Trinajstić information content (AvgIpc) is 2.93. The number of aryl methyl sites for hydroxylation is 1. The second-order valence-electron chi connectivity index (χ2n) is 6.40. The molecule has 2 aliphatic rings. The maximum absolute atomic E-state index is 12.3. The molecular weight excluding hydrogens is 340 g/mol. The molecule has 0 spiro atoms. The fourth-order valence-corrected chi connectivity index (χ4v) is 3.16. The first-order chi connectivity index (χ1) is 12.5. The number of nitrogens with zero attached hydrogens (tertiary/aromatic N) is 2. The van der Waals surface area contributed by atoms with E-state index in [2.05, 4.69) is 4.74 Å². The van der Waals surface area contributed by atoms with E-state index in [4.69, 9.17) is 9.47 Å². The monoisotopic (exact) mass is 362 g/mol. The molecule has 2 fully saturated rings. The molecule has 2 aliphatic heterocycles.